The summed E-state index contributed by atoms with van der Waals surface area (Å²) in [5, 5.41) is 14.4. The van der Waals surface area contributed by atoms with Crippen molar-refractivity contribution >= 4 is 12.0 Å². The van der Waals surface area contributed by atoms with Crippen molar-refractivity contribution in [3.63, 3.8) is 0 Å². The predicted octanol–water partition coefficient (Wildman–Crippen LogP) is 2.03. The summed E-state index contributed by atoms with van der Waals surface area (Å²) in [6, 6.07) is 6.56. The molecule has 0 spiro atoms. The third-order valence-electron chi connectivity index (χ3n) is 2.69. The number of aromatic carboxylic acids is 1. The number of amides is 2. The summed E-state index contributed by atoms with van der Waals surface area (Å²) in [4.78, 5) is 22.2. The smallest absolute Gasteiger partial charge is 0.335 e. The Hall–Kier alpha value is -2.04. The number of urea groups is 1. The molecule has 104 valence electrons. The Morgan fingerprint density at radius 1 is 1.21 bits per heavy atom. The summed E-state index contributed by atoms with van der Waals surface area (Å²) in [6.07, 6.45) is 2.62. The molecule has 1 aromatic rings. The van der Waals surface area contributed by atoms with E-state index in [9.17, 15) is 9.59 Å². The molecular formula is C14H20N2O3. The lowest BCUT2D eigenvalue weighted by atomic mass is 10.1. The first kappa shape index (κ1) is 15.0. The van der Waals surface area contributed by atoms with Gasteiger partial charge in [0.1, 0.15) is 0 Å². The molecule has 5 nitrogen and oxygen atoms in total. The van der Waals surface area contributed by atoms with Crippen LogP contribution in [-0.2, 0) is 6.42 Å². The number of benzene rings is 1. The van der Waals surface area contributed by atoms with Crippen LogP contribution in [0.15, 0.2) is 24.3 Å². The first-order chi connectivity index (χ1) is 9.13. The minimum atomic E-state index is -0.938. The minimum Gasteiger partial charge on any atom is -0.478 e. The van der Waals surface area contributed by atoms with E-state index in [4.69, 9.17) is 5.11 Å². The van der Waals surface area contributed by atoms with Crippen LogP contribution in [0.3, 0.4) is 0 Å². The number of rotatable bonds is 7. The maximum Gasteiger partial charge on any atom is 0.335 e. The van der Waals surface area contributed by atoms with E-state index in [2.05, 4.69) is 17.6 Å². The number of hydrogen-bond acceptors (Lipinski definition) is 2. The SMILES string of the molecule is CCCCNC(=O)NCCc1cccc(C(=O)O)c1. The normalized spacial score (nSPS) is 9.95. The van der Waals surface area contributed by atoms with Crippen LogP contribution in [0.1, 0.15) is 35.7 Å². The van der Waals surface area contributed by atoms with Gasteiger partial charge in [0.2, 0.25) is 0 Å². The van der Waals surface area contributed by atoms with Gasteiger partial charge < -0.3 is 15.7 Å². The number of hydrogen-bond donors (Lipinski definition) is 3. The summed E-state index contributed by atoms with van der Waals surface area (Å²) in [5.41, 5.74) is 1.17. The molecule has 5 heteroatoms. The lowest BCUT2D eigenvalue weighted by Gasteiger charge is -2.07. The fourth-order valence-electron chi connectivity index (χ4n) is 1.62. The third kappa shape index (κ3) is 5.90. The number of unbranched alkanes of at least 4 members (excludes halogenated alkanes) is 1. The Bertz CT molecular complexity index is 432. The number of carboxylic acid groups (broad SMARTS) is 1. The van der Waals surface area contributed by atoms with E-state index in [1.54, 1.807) is 18.2 Å². The van der Waals surface area contributed by atoms with Gasteiger partial charge in [-0.15, -0.1) is 0 Å². The zero-order chi connectivity index (χ0) is 14.1. The Labute approximate surface area is 113 Å². The number of carboxylic acids is 1. The molecule has 0 bridgehead atoms. The highest BCUT2D eigenvalue weighted by atomic mass is 16.4. The minimum absolute atomic E-state index is 0.178. The molecule has 0 aliphatic carbocycles. The maximum atomic E-state index is 11.4. The lowest BCUT2D eigenvalue weighted by Crippen LogP contribution is -2.37. The van der Waals surface area contributed by atoms with E-state index in [1.165, 1.54) is 0 Å². The second-order valence-electron chi connectivity index (χ2n) is 4.29. The predicted molar refractivity (Wildman–Crippen MR) is 73.4 cm³/mol. The molecule has 19 heavy (non-hydrogen) atoms. The van der Waals surface area contributed by atoms with E-state index in [0.717, 1.165) is 18.4 Å². The molecule has 1 rings (SSSR count). The van der Waals surface area contributed by atoms with Crippen LogP contribution < -0.4 is 10.6 Å². The van der Waals surface area contributed by atoms with Crippen molar-refractivity contribution in [2.75, 3.05) is 13.1 Å². The maximum absolute atomic E-state index is 11.4. The molecule has 0 saturated heterocycles. The summed E-state index contributed by atoms with van der Waals surface area (Å²) in [5.74, 6) is -0.938. The molecule has 1 aromatic carbocycles. The Kier molecular flexibility index (Phi) is 6.43. The van der Waals surface area contributed by atoms with Crippen LogP contribution >= 0.6 is 0 Å². The summed E-state index contributed by atoms with van der Waals surface area (Å²) in [6.45, 7) is 3.23. The van der Waals surface area contributed by atoms with Gasteiger partial charge in [0.25, 0.3) is 0 Å². The van der Waals surface area contributed by atoms with Gasteiger partial charge in [-0.2, -0.15) is 0 Å². The van der Waals surface area contributed by atoms with Crippen LogP contribution in [0.25, 0.3) is 0 Å². The second-order valence-corrected chi connectivity index (χ2v) is 4.29. The largest absolute Gasteiger partial charge is 0.478 e. The lowest BCUT2D eigenvalue weighted by molar-refractivity contribution is 0.0696. The zero-order valence-electron chi connectivity index (χ0n) is 11.1. The summed E-state index contributed by atoms with van der Waals surface area (Å²) < 4.78 is 0. The van der Waals surface area contributed by atoms with Gasteiger partial charge in [0.05, 0.1) is 5.56 Å². The van der Waals surface area contributed by atoms with E-state index in [-0.39, 0.29) is 11.6 Å². The molecular weight excluding hydrogens is 244 g/mol. The van der Waals surface area contributed by atoms with Gasteiger partial charge in [0, 0.05) is 13.1 Å². The van der Waals surface area contributed by atoms with E-state index in [0.29, 0.717) is 19.5 Å². The molecule has 0 fully saturated rings. The van der Waals surface area contributed by atoms with Gasteiger partial charge in [-0.05, 0) is 30.5 Å². The quantitative estimate of drug-likeness (QED) is 0.659. The van der Waals surface area contributed by atoms with Crippen molar-refractivity contribution < 1.29 is 14.7 Å². The first-order valence-electron chi connectivity index (χ1n) is 6.47. The number of carbonyl (C=O) groups excluding carboxylic acids is 1. The summed E-state index contributed by atoms with van der Waals surface area (Å²) >= 11 is 0. The average molecular weight is 264 g/mol. The van der Waals surface area contributed by atoms with Gasteiger partial charge in [-0.25, -0.2) is 9.59 Å². The average Bonchev–Trinajstić information content (AvgIpc) is 2.39. The van der Waals surface area contributed by atoms with Gasteiger partial charge in [-0.3, -0.25) is 0 Å². The molecule has 0 saturated carbocycles. The fourth-order valence-corrected chi connectivity index (χ4v) is 1.62. The number of carbonyl (C=O) groups is 2. The fraction of sp³-hybridized carbons (Fsp3) is 0.429. The highest BCUT2D eigenvalue weighted by molar-refractivity contribution is 5.87. The summed E-state index contributed by atoms with van der Waals surface area (Å²) in [7, 11) is 0. The van der Waals surface area contributed by atoms with Crippen molar-refractivity contribution in [2.24, 2.45) is 0 Å². The Morgan fingerprint density at radius 2 is 1.95 bits per heavy atom. The van der Waals surface area contributed by atoms with E-state index in [1.807, 2.05) is 6.07 Å². The highest BCUT2D eigenvalue weighted by Crippen LogP contribution is 2.05. The standard InChI is InChI=1S/C14H20N2O3/c1-2-3-8-15-14(19)16-9-7-11-5-4-6-12(10-11)13(17)18/h4-6,10H,2-3,7-9H2,1H3,(H,17,18)(H2,15,16,19). The van der Waals surface area contributed by atoms with Crippen LogP contribution in [0.2, 0.25) is 0 Å². The molecule has 0 unspecified atom stereocenters. The zero-order valence-corrected chi connectivity index (χ0v) is 11.1. The molecule has 0 radical (unpaired) electrons. The second kappa shape index (κ2) is 8.13. The first-order valence-corrected chi connectivity index (χ1v) is 6.47. The molecule has 3 N–H and O–H groups in total. The van der Waals surface area contributed by atoms with Crippen LogP contribution in [0.4, 0.5) is 4.79 Å². The van der Waals surface area contributed by atoms with Crippen molar-refractivity contribution in [3.8, 4) is 0 Å². The van der Waals surface area contributed by atoms with Gasteiger partial charge >= 0.3 is 12.0 Å². The van der Waals surface area contributed by atoms with Gasteiger partial charge in [0.15, 0.2) is 0 Å². The Morgan fingerprint density at radius 3 is 2.63 bits per heavy atom. The molecule has 0 atom stereocenters. The van der Waals surface area contributed by atoms with Gasteiger partial charge in [-0.1, -0.05) is 25.5 Å². The molecule has 2 amide bonds. The highest BCUT2D eigenvalue weighted by Gasteiger charge is 2.03. The van der Waals surface area contributed by atoms with Crippen molar-refractivity contribution in [1.29, 1.82) is 0 Å². The molecule has 0 aliphatic heterocycles. The number of nitrogens with one attached hydrogen (secondary N) is 2. The van der Waals surface area contributed by atoms with Crippen LogP contribution in [0.5, 0.6) is 0 Å². The van der Waals surface area contributed by atoms with Crippen molar-refractivity contribution in [1.82, 2.24) is 10.6 Å². The van der Waals surface area contributed by atoms with Crippen LogP contribution in [0, 0.1) is 0 Å². The molecule has 0 heterocycles. The van der Waals surface area contributed by atoms with Crippen molar-refractivity contribution in [2.45, 2.75) is 26.2 Å². The monoisotopic (exact) mass is 264 g/mol. The third-order valence-corrected chi connectivity index (χ3v) is 2.69. The molecule has 0 aromatic heterocycles. The van der Waals surface area contributed by atoms with Crippen LogP contribution in [-0.4, -0.2) is 30.2 Å². The van der Waals surface area contributed by atoms with E-state index < -0.39 is 5.97 Å². The Balaban J connectivity index is 2.31. The van der Waals surface area contributed by atoms with E-state index >= 15 is 0 Å². The topological polar surface area (TPSA) is 78.4 Å². The van der Waals surface area contributed by atoms with Crippen molar-refractivity contribution in [3.05, 3.63) is 35.4 Å². The molecule has 0 aliphatic rings.